The molecule has 2 aromatic rings. The first-order valence-corrected chi connectivity index (χ1v) is 22.4. The molecule has 0 aliphatic rings. The molecule has 20 N–H and O–H groups in total. The summed E-state index contributed by atoms with van der Waals surface area (Å²) in [6.45, 7) is 0.703. The quantitative estimate of drug-likeness (QED) is 0.0316. The molecule has 0 spiro atoms. The normalized spacial score (nSPS) is 14.2. The summed E-state index contributed by atoms with van der Waals surface area (Å²) in [4.78, 5) is 179. The van der Waals surface area contributed by atoms with E-state index in [0.717, 1.165) is 0 Å². The summed E-state index contributed by atoms with van der Waals surface area (Å²) in [6.07, 6.45) is -4.05. The molecule has 8 atom stereocenters. The zero-order chi connectivity index (χ0) is 56.0. The van der Waals surface area contributed by atoms with Crippen molar-refractivity contribution in [3.63, 3.8) is 0 Å². The average Bonchev–Trinajstić information content (AvgIpc) is 3.72. The van der Waals surface area contributed by atoms with Crippen LogP contribution in [0.25, 0.3) is 10.9 Å². The van der Waals surface area contributed by atoms with Gasteiger partial charge in [0.2, 0.25) is 59.1 Å². The van der Waals surface area contributed by atoms with Crippen molar-refractivity contribution in [2.75, 3.05) is 13.2 Å². The molecule has 0 saturated carbocycles. The number of carbonyl (C=O) groups excluding carboxylic acids is 10. The van der Waals surface area contributed by atoms with Crippen LogP contribution in [0, 0.1) is 5.92 Å². The smallest absolute Gasteiger partial charge is 0.326 e. The zero-order valence-electron chi connectivity index (χ0n) is 39.8. The van der Waals surface area contributed by atoms with Crippen LogP contribution in [0.3, 0.4) is 0 Å². The Morgan fingerprint density at radius 3 is 1.64 bits per heavy atom. The van der Waals surface area contributed by atoms with Gasteiger partial charge in [0.05, 0.1) is 38.5 Å². The van der Waals surface area contributed by atoms with E-state index < -0.39 is 195 Å². The Morgan fingerprint density at radius 1 is 0.554 bits per heavy atom. The molecule has 1 aromatic heterocycles. The lowest BCUT2D eigenvalue weighted by Gasteiger charge is -2.28. The number of primary amides is 2. The minimum Gasteiger partial charge on any atom is -0.481 e. The molecule has 0 radical (unpaired) electrons. The van der Waals surface area contributed by atoms with Gasteiger partial charge in [-0.05, 0) is 30.4 Å². The van der Waals surface area contributed by atoms with E-state index >= 15 is 0 Å². The zero-order valence-corrected chi connectivity index (χ0v) is 39.8. The summed E-state index contributed by atoms with van der Waals surface area (Å²) in [7, 11) is 0. The second kappa shape index (κ2) is 29.6. The number of benzene rings is 1. The molecule has 0 aliphatic carbocycles. The van der Waals surface area contributed by atoms with E-state index in [1.54, 1.807) is 30.5 Å². The van der Waals surface area contributed by atoms with Crippen LogP contribution in [0.2, 0.25) is 0 Å². The van der Waals surface area contributed by atoms with Gasteiger partial charge in [0.1, 0.15) is 42.3 Å². The third kappa shape index (κ3) is 20.9. The molecule has 1 aromatic carbocycles. The monoisotopic (exact) mass is 1050 g/mol. The Balaban J connectivity index is 2.25. The van der Waals surface area contributed by atoms with E-state index in [1.807, 2.05) is 5.32 Å². The van der Waals surface area contributed by atoms with Gasteiger partial charge in [-0.25, -0.2) is 4.79 Å². The van der Waals surface area contributed by atoms with Crippen molar-refractivity contribution in [2.45, 2.75) is 114 Å². The topological polar surface area (TPSA) is 530 Å². The lowest BCUT2D eigenvalue weighted by Crippen LogP contribution is -2.60. The number of hydrogen-bond donors (Lipinski definition) is 17. The second-order valence-electron chi connectivity index (χ2n) is 16.9. The third-order valence-electron chi connectivity index (χ3n) is 10.6. The van der Waals surface area contributed by atoms with Gasteiger partial charge in [-0.3, -0.25) is 62.3 Å². The summed E-state index contributed by atoms with van der Waals surface area (Å²) in [6, 6.07) is -7.16. The summed E-state index contributed by atoms with van der Waals surface area (Å²) in [5, 5.41) is 65.4. The minimum atomic E-state index is -2.04. The first kappa shape index (κ1) is 61.4. The predicted molar refractivity (Wildman–Crippen MR) is 250 cm³/mol. The molecular formula is C43H60N12O19. The number of nitrogens with two attached hydrogens (primary N) is 3. The standard InChI is InChI=1S/C43H60N12O19/c1-18(2)35(42(72)50-24(8-10-32(60)61)39(69)53-27(43(73)74)13-30(46)58)55-41(71)26(14-34(64)65)52-38(68)23(7-9-29(45)57)49-31(59)16-48-37(67)28(17-56)54-40(70)25(51-36(66)21(44)12-33(62)63)11-19-15-47-22-6-4-3-5-20(19)22/h3-6,15,18,21,23-28,35,47,56H,7-14,16-17,44H2,1-2H3,(H2,45,57)(H2,46,58)(H,48,67)(H,49,59)(H,50,72)(H,51,66)(H,52,68)(H,53,69)(H,54,70)(H,55,71)(H,60,61)(H,62,63)(H,64,65)(H,73,74)/t21-,23-,24-,25-,26-,27-,28-,35-/m0/s1. The van der Waals surface area contributed by atoms with E-state index in [4.69, 9.17) is 22.3 Å². The summed E-state index contributed by atoms with van der Waals surface area (Å²) in [5.41, 5.74) is 17.1. The van der Waals surface area contributed by atoms with Gasteiger partial charge in [0, 0.05) is 36.4 Å². The third-order valence-corrected chi connectivity index (χ3v) is 10.6. The fourth-order valence-electron chi connectivity index (χ4n) is 6.76. The Bertz CT molecular complexity index is 2440. The minimum absolute atomic E-state index is 0.225. The number of fused-ring (bicyclic) bond motifs is 1. The van der Waals surface area contributed by atoms with Gasteiger partial charge in [-0.15, -0.1) is 0 Å². The molecule has 406 valence electrons. The van der Waals surface area contributed by atoms with Crippen LogP contribution >= 0.6 is 0 Å². The molecule has 2 rings (SSSR count). The van der Waals surface area contributed by atoms with E-state index in [1.165, 1.54) is 13.8 Å². The van der Waals surface area contributed by atoms with E-state index in [0.29, 0.717) is 16.5 Å². The van der Waals surface area contributed by atoms with Gasteiger partial charge >= 0.3 is 23.9 Å². The molecule has 0 unspecified atom stereocenters. The summed E-state index contributed by atoms with van der Waals surface area (Å²) in [5.74, 6) is -18.7. The Labute approximate surface area is 419 Å². The maximum absolute atomic E-state index is 13.6. The number of carbonyl (C=O) groups is 14. The lowest BCUT2D eigenvalue weighted by molar-refractivity contribution is -0.144. The van der Waals surface area contributed by atoms with Crippen molar-refractivity contribution >= 4 is 93.9 Å². The Hall–Kier alpha value is -8.74. The average molecular weight is 1050 g/mol. The fraction of sp³-hybridized carbons (Fsp3) is 0.488. The van der Waals surface area contributed by atoms with Crippen molar-refractivity contribution in [3.8, 4) is 0 Å². The number of aliphatic carboxylic acids is 4. The molecule has 0 bridgehead atoms. The molecule has 31 nitrogen and oxygen atoms in total. The number of H-pyrrole nitrogens is 1. The van der Waals surface area contributed by atoms with Gasteiger partial charge in [0.15, 0.2) is 0 Å². The highest BCUT2D eigenvalue weighted by Gasteiger charge is 2.36. The van der Waals surface area contributed by atoms with Crippen molar-refractivity contribution < 1.29 is 92.7 Å². The van der Waals surface area contributed by atoms with E-state index in [9.17, 15) is 87.5 Å². The van der Waals surface area contributed by atoms with Crippen molar-refractivity contribution in [2.24, 2.45) is 23.1 Å². The van der Waals surface area contributed by atoms with Crippen LogP contribution < -0.4 is 59.7 Å². The lowest BCUT2D eigenvalue weighted by atomic mass is 10.0. The highest BCUT2D eigenvalue weighted by Crippen LogP contribution is 2.19. The maximum Gasteiger partial charge on any atom is 0.326 e. The number of nitrogens with one attached hydrogen (secondary N) is 9. The van der Waals surface area contributed by atoms with Gasteiger partial charge in [0.25, 0.3) is 0 Å². The van der Waals surface area contributed by atoms with Crippen LogP contribution in [0.4, 0.5) is 0 Å². The van der Waals surface area contributed by atoms with Crippen molar-refractivity contribution in [1.29, 1.82) is 0 Å². The Morgan fingerprint density at radius 2 is 1.08 bits per heavy atom. The van der Waals surface area contributed by atoms with Crippen LogP contribution in [-0.2, 0) is 73.5 Å². The maximum atomic E-state index is 13.6. The van der Waals surface area contributed by atoms with Crippen LogP contribution in [0.5, 0.6) is 0 Å². The fourth-order valence-corrected chi connectivity index (χ4v) is 6.76. The van der Waals surface area contributed by atoms with Gasteiger partial charge in [-0.1, -0.05) is 32.0 Å². The predicted octanol–water partition coefficient (Wildman–Crippen LogP) is -6.76. The molecule has 31 heteroatoms. The summed E-state index contributed by atoms with van der Waals surface area (Å²) < 4.78 is 0. The van der Waals surface area contributed by atoms with E-state index in [2.05, 4.69) is 42.2 Å². The number of para-hydroxylation sites is 1. The molecule has 0 fully saturated rings. The number of aliphatic hydroxyl groups is 1. The van der Waals surface area contributed by atoms with Crippen molar-refractivity contribution in [3.05, 3.63) is 36.0 Å². The number of rotatable bonds is 33. The van der Waals surface area contributed by atoms with Gasteiger partial charge < -0.3 is 90.3 Å². The highest BCUT2D eigenvalue weighted by molar-refractivity contribution is 5.99. The van der Waals surface area contributed by atoms with Crippen LogP contribution in [-0.4, -0.2) is 175 Å². The highest BCUT2D eigenvalue weighted by atomic mass is 16.4. The SMILES string of the molecule is CC(C)[C@H](NC(=O)[C@H](CC(=O)O)NC(=O)[C@H](CCC(N)=O)NC(=O)CNC(=O)[C@H](CO)NC(=O)[C@H](Cc1c[nH]c2ccccc12)NC(=O)[C@@H](N)CC(=O)O)C(=O)N[C@@H](CCC(=O)O)C(=O)N[C@@H](CC(N)=O)C(=O)O. The number of amides is 10. The second-order valence-corrected chi connectivity index (χ2v) is 16.9. The van der Waals surface area contributed by atoms with Crippen LogP contribution in [0.1, 0.15) is 64.4 Å². The largest absolute Gasteiger partial charge is 0.481 e. The first-order chi connectivity index (χ1) is 34.6. The molecule has 0 saturated heterocycles. The molecule has 74 heavy (non-hydrogen) atoms. The molecular weight excluding hydrogens is 989 g/mol. The number of aliphatic hydroxyl groups excluding tert-OH is 1. The van der Waals surface area contributed by atoms with Gasteiger partial charge in [-0.2, -0.15) is 0 Å². The molecule has 10 amide bonds. The number of aromatic nitrogens is 1. The first-order valence-electron chi connectivity index (χ1n) is 22.4. The van der Waals surface area contributed by atoms with Crippen molar-refractivity contribution in [1.82, 2.24) is 47.5 Å². The molecule has 0 aliphatic heterocycles. The summed E-state index contributed by atoms with van der Waals surface area (Å²) >= 11 is 0. The number of aromatic amines is 1. The Kier molecular flexibility index (Phi) is 24.5. The van der Waals surface area contributed by atoms with Crippen LogP contribution in [0.15, 0.2) is 30.5 Å². The molecule has 1 heterocycles. The number of carboxylic acids is 4. The van der Waals surface area contributed by atoms with E-state index in [-0.39, 0.29) is 6.42 Å². The number of carboxylic acid groups (broad SMARTS) is 4. The number of hydrogen-bond acceptors (Lipinski definition) is 16.